The van der Waals surface area contributed by atoms with E-state index in [0.717, 1.165) is 5.57 Å². The van der Waals surface area contributed by atoms with Crippen molar-refractivity contribution in [3.63, 3.8) is 0 Å². The highest BCUT2D eigenvalue weighted by Crippen LogP contribution is 2.17. The Morgan fingerprint density at radius 1 is 1.58 bits per heavy atom. The quantitative estimate of drug-likeness (QED) is 0.628. The van der Waals surface area contributed by atoms with E-state index in [9.17, 15) is 4.79 Å². The predicted octanol–water partition coefficient (Wildman–Crippen LogP) is 2.04. The van der Waals surface area contributed by atoms with Crippen LogP contribution in [0.3, 0.4) is 0 Å². The molecule has 62 valence electrons. The number of ketones is 1. The molecule has 1 N–H and O–H groups in total. The normalized spacial score (nSPS) is 19.7. The van der Waals surface area contributed by atoms with Crippen molar-refractivity contribution in [2.24, 2.45) is 0 Å². The van der Waals surface area contributed by atoms with Crippen LogP contribution in [0.25, 0.3) is 0 Å². The molecule has 0 heterocycles. The molecule has 0 aliphatic heterocycles. The van der Waals surface area contributed by atoms with Gasteiger partial charge >= 0.3 is 0 Å². The first kappa shape index (κ1) is 8.65. The average Bonchev–Trinajstić information content (AvgIpc) is 2.03. The molecule has 12 heavy (non-hydrogen) atoms. The Morgan fingerprint density at radius 3 is 2.67 bits per heavy atom. The monoisotopic (exact) mass is 161 g/mol. The molecule has 2 heteroatoms. The van der Waals surface area contributed by atoms with Crippen molar-refractivity contribution >= 4 is 11.5 Å². The van der Waals surface area contributed by atoms with Crippen LogP contribution in [0.15, 0.2) is 35.5 Å². The van der Waals surface area contributed by atoms with Gasteiger partial charge < -0.3 is 5.41 Å². The Balaban J connectivity index is 3.14. The van der Waals surface area contributed by atoms with Crippen molar-refractivity contribution < 1.29 is 4.79 Å². The minimum Gasteiger partial charge on any atom is -0.300 e. The molecule has 0 aromatic heterocycles. The lowest BCUT2D eigenvalue weighted by atomic mass is 9.94. The molecule has 0 saturated carbocycles. The Morgan fingerprint density at radius 2 is 2.25 bits per heavy atom. The van der Waals surface area contributed by atoms with Crippen LogP contribution >= 0.6 is 0 Å². The zero-order valence-electron chi connectivity index (χ0n) is 7.22. The second-order valence-electron chi connectivity index (χ2n) is 2.61. The van der Waals surface area contributed by atoms with Crippen LogP contribution < -0.4 is 0 Å². The summed E-state index contributed by atoms with van der Waals surface area (Å²) in [4.78, 5) is 11.1. The number of rotatable bonds is 1. The smallest absolute Gasteiger partial charge is 0.160 e. The van der Waals surface area contributed by atoms with E-state index in [2.05, 4.69) is 0 Å². The third-order valence-corrected chi connectivity index (χ3v) is 1.77. The van der Waals surface area contributed by atoms with Crippen LogP contribution in [-0.2, 0) is 4.79 Å². The summed E-state index contributed by atoms with van der Waals surface area (Å²) < 4.78 is 0. The number of allylic oxidation sites excluding steroid dienone is 6. The summed E-state index contributed by atoms with van der Waals surface area (Å²) >= 11 is 0. The highest BCUT2D eigenvalue weighted by Gasteiger charge is 2.13. The first-order valence-electron chi connectivity index (χ1n) is 3.81. The van der Waals surface area contributed by atoms with Gasteiger partial charge in [-0.05, 0) is 19.9 Å². The number of hydrogen-bond acceptors (Lipinski definition) is 2. The van der Waals surface area contributed by atoms with Crippen LogP contribution in [-0.4, -0.2) is 11.5 Å². The van der Waals surface area contributed by atoms with Gasteiger partial charge in [0.05, 0.1) is 5.71 Å². The molecule has 2 nitrogen and oxygen atoms in total. The Bertz CT molecular complexity index is 319. The SMILES string of the molecule is C/C=C1\C(=N)C=CC=C1C(C)=O. The van der Waals surface area contributed by atoms with E-state index in [0.29, 0.717) is 11.3 Å². The van der Waals surface area contributed by atoms with Crippen LogP contribution in [0.5, 0.6) is 0 Å². The van der Waals surface area contributed by atoms with Crippen molar-refractivity contribution in [2.75, 3.05) is 0 Å². The lowest BCUT2D eigenvalue weighted by Gasteiger charge is -2.10. The van der Waals surface area contributed by atoms with E-state index in [1.54, 1.807) is 24.3 Å². The molecule has 0 atom stereocenters. The van der Waals surface area contributed by atoms with Crippen LogP contribution in [0.2, 0.25) is 0 Å². The molecule has 0 fully saturated rings. The third kappa shape index (κ3) is 1.42. The molecule has 1 rings (SSSR count). The van der Waals surface area contributed by atoms with Gasteiger partial charge in [-0.3, -0.25) is 4.79 Å². The van der Waals surface area contributed by atoms with Crippen molar-refractivity contribution in [3.8, 4) is 0 Å². The standard InChI is InChI=1S/C10H11NO/c1-3-8-9(7(2)12)5-4-6-10(8)11/h3-6,11H,1-2H3/b8-3-,11-10?. The Hall–Kier alpha value is -1.44. The molecule has 0 amide bonds. The maximum absolute atomic E-state index is 11.1. The highest BCUT2D eigenvalue weighted by molar-refractivity contribution is 6.18. The maximum atomic E-state index is 11.1. The second kappa shape index (κ2) is 3.30. The number of Topliss-reactive ketones (excluding diaryl/α,β-unsaturated/α-hetero) is 1. The van der Waals surface area contributed by atoms with Gasteiger partial charge in [-0.25, -0.2) is 0 Å². The van der Waals surface area contributed by atoms with Crippen molar-refractivity contribution in [1.29, 1.82) is 5.41 Å². The van der Waals surface area contributed by atoms with Crippen molar-refractivity contribution in [3.05, 3.63) is 35.5 Å². The molecule has 0 radical (unpaired) electrons. The van der Waals surface area contributed by atoms with Gasteiger partial charge in [-0.1, -0.05) is 18.2 Å². The van der Waals surface area contributed by atoms with Crippen molar-refractivity contribution in [2.45, 2.75) is 13.8 Å². The zero-order chi connectivity index (χ0) is 9.14. The molecule has 0 aromatic rings. The van der Waals surface area contributed by atoms with Gasteiger partial charge in [0, 0.05) is 11.1 Å². The molecule has 0 unspecified atom stereocenters. The summed E-state index contributed by atoms with van der Waals surface area (Å²) in [6, 6.07) is 0. The average molecular weight is 161 g/mol. The molecule has 0 saturated heterocycles. The number of carbonyl (C=O) groups excluding carboxylic acids is 1. The topological polar surface area (TPSA) is 40.9 Å². The Kier molecular flexibility index (Phi) is 2.38. The van der Waals surface area contributed by atoms with Gasteiger partial charge in [-0.15, -0.1) is 0 Å². The van der Waals surface area contributed by atoms with Gasteiger partial charge in [0.1, 0.15) is 0 Å². The van der Waals surface area contributed by atoms with Crippen molar-refractivity contribution in [1.82, 2.24) is 0 Å². The highest BCUT2D eigenvalue weighted by atomic mass is 16.1. The van der Waals surface area contributed by atoms with Gasteiger partial charge in [0.2, 0.25) is 0 Å². The molecule has 0 spiro atoms. The van der Waals surface area contributed by atoms with Gasteiger partial charge in [-0.2, -0.15) is 0 Å². The molecule has 1 aliphatic rings. The lowest BCUT2D eigenvalue weighted by Crippen LogP contribution is -2.09. The van der Waals surface area contributed by atoms with Crippen LogP contribution in [0, 0.1) is 5.41 Å². The van der Waals surface area contributed by atoms with E-state index in [-0.39, 0.29) is 5.78 Å². The van der Waals surface area contributed by atoms with Crippen LogP contribution in [0.1, 0.15) is 13.8 Å². The summed E-state index contributed by atoms with van der Waals surface area (Å²) in [5, 5.41) is 7.52. The second-order valence-corrected chi connectivity index (χ2v) is 2.61. The fourth-order valence-corrected chi connectivity index (χ4v) is 1.18. The summed E-state index contributed by atoms with van der Waals surface area (Å²) in [5.74, 6) is 0.0113. The molecular formula is C10H11NO. The van der Waals surface area contributed by atoms with E-state index in [1.165, 1.54) is 6.92 Å². The minimum atomic E-state index is 0.0113. The summed E-state index contributed by atoms with van der Waals surface area (Å²) in [6.45, 7) is 3.35. The summed E-state index contributed by atoms with van der Waals surface area (Å²) in [7, 11) is 0. The molecule has 1 aliphatic carbocycles. The maximum Gasteiger partial charge on any atom is 0.160 e. The minimum absolute atomic E-state index is 0.0113. The number of nitrogens with one attached hydrogen (secondary N) is 1. The Labute approximate surface area is 71.8 Å². The zero-order valence-corrected chi connectivity index (χ0v) is 7.22. The fourth-order valence-electron chi connectivity index (χ4n) is 1.18. The van der Waals surface area contributed by atoms with Gasteiger partial charge in [0.15, 0.2) is 5.78 Å². The first-order valence-corrected chi connectivity index (χ1v) is 3.81. The first-order chi connectivity index (χ1) is 5.66. The predicted molar refractivity (Wildman–Crippen MR) is 49.4 cm³/mol. The number of hydrogen-bond donors (Lipinski definition) is 1. The third-order valence-electron chi connectivity index (χ3n) is 1.77. The lowest BCUT2D eigenvalue weighted by molar-refractivity contribution is -0.113. The number of carbonyl (C=O) groups is 1. The van der Waals surface area contributed by atoms with Crippen LogP contribution in [0.4, 0.5) is 0 Å². The van der Waals surface area contributed by atoms with Gasteiger partial charge in [0.25, 0.3) is 0 Å². The molecular weight excluding hydrogens is 150 g/mol. The van der Waals surface area contributed by atoms with E-state index < -0.39 is 0 Å². The van der Waals surface area contributed by atoms with E-state index in [1.807, 2.05) is 6.92 Å². The largest absolute Gasteiger partial charge is 0.300 e. The molecule has 0 aromatic carbocycles. The fraction of sp³-hybridized carbons (Fsp3) is 0.200. The molecule has 0 bridgehead atoms. The van der Waals surface area contributed by atoms with E-state index in [4.69, 9.17) is 5.41 Å². The summed E-state index contributed by atoms with van der Waals surface area (Å²) in [6.07, 6.45) is 6.95. The van der Waals surface area contributed by atoms with E-state index >= 15 is 0 Å². The summed E-state index contributed by atoms with van der Waals surface area (Å²) in [5.41, 5.74) is 1.76.